The van der Waals surface area contributed by atoms with Gasteiger partial charge in [0, 0.05) is 0 Å². The predicted octanol–water partition coefficient (Wildman–Crippen LogP) is -10.7. The van der Waals surface area contributed by atoms with E-state index in [-0.39, 0.29) is 16.8 Å². The standard InChI is InChI=1S/2ClHO4.Co.H4N2/c2*2-1(3,4)5;;1-2/h2*(H,2,3,4,5);;1-2H2/q;;+2;/p-2. The van der Waals surface area contributed by atoms with Crippen LogP contribution in [-0.2, 0) is 16.8 Å². The van der Waals surface area contributed by atoms with E-state index in [2.05, 4.69) is 11.7 Å². The quantitative estimate of drug-likeness (QED) is 0.315. The van der Waals surface area contributed by atoms with E-state index >= 15 is 0 Å². The minimum absolute atomic E-state index is 0. The van der Waals surface area contributed by atoms with Crippen molar-refractivity contribution in [3.63, 3.8) is 0 Å². The molecule has 0 aromatic heterocycles. The summed E-state index contributed by atoms with van der Waals surface area (Å²) in [7, 11) is -9.89. The Morgan fingerprint density at radius 3 is 0.538 bits per heavy atom. The molecule has 10 nitrogen and oxygen atoms in total. The molecule has 0 bridgehead atoms. The van der Waals surface area contributed by atoms with Crippen LogP contribution < -0.4 is 49.0 Å². The van der Waals surface area contributed by atoms with Crippen molar-refractivity contribution in [2.45, 2.75) is 0 Å². The second kappa shape index (κ2) is 10.8. The third-order valence-electron chi connectivity index (χ3n) is 0. The van der Waals surface area contributed by atoms with Gasteiger partial charge in [-0.25, -0.2) is 37.3 Å². The molecule has 13 heteroatoms. The molecular formula is H4Cl2CoN2O8. The van der Waals surface area contributed by atoms with Gasteiger partial charge in [0.25, 0.3) is 0 Å². The van der Waals surface area contributed by atoms with E-state index in [1.165, 1.54) is 0 Å². The minimum Gasteiger partial charge on any atom is -0.274 e. The summed E-state index contributed by atoms with van der Waals surface area (Å²) in [4.78, 5) is 0. The SMILES string of the molecule is NN.[Co+2].[O-][Cl+3]([O-])([O-])[O-].[O-][Cl+3]([O-])([O-])[O-]. The first kappa shape index (κ1) is 23.5. The number of halogens is 2. The Labute approximate surface area is 86.6 Å². The first-order valence-electron chi connectivity index (χ1n) is 1.57. The van der Waals surface area contributed by atoms with Gasteiger partial charge in [0.05, 0.1) is 0 Å². The van der Waals surface area contributed by atoms with E-state index in [9.17, 15) is 0 Å². The molecule has 13 heavy (non-hydrogen) atoms. The molecule has 4 N–H and O–H groups in total. The molecule has 0 aromatic rings. The van der Waals surface area contributed by atoms with Gasteiger partial charge in [-0.3, -0.25) is 11.7 Å². The average molecular weight is 290 g/mol. The Morgan fingerprint density at radius 1 is 0.538 bits per heavy atom. The second-order valence-electron chi connectivity index (χ2n) is 0.756. The topological polar surface area (TPSA) is 237 Å². The van der Waals surface area contributed by atoms with Crippen molar-refractivity contribution in [1.29, 1.82) is 0 Å². The summed E-state index contributed by atoms with van der Waals surface area (Å²) in [6, 6.07) is 0. The fourth-order valence-electron chi connectivity index (χ4n) is 0. The van der Waals surface area contributed by atoms with Gasteiger partial charge in [0.15, 0.2) is 0 Å². The predicted molar refractivity (Wildman–Crippen MR) is 8.37 cm³/mol. The normalized spacial score (nSPS) is 9.69. The van der Waals surface area contributed by atoms with E-state index in [4.69, 9.17) is 37.3 Å². The zero-order valence-corrected chi connectivity index (χ0v) is 8.06. The number of hydrogen-bond acceptors (Lipinski definition) is 10. The molecule has 0 aromatic carbocycles. The van der Waals surface area contributed by atoms with Crippen LogP contribution in [0.4, 0.5) is 0 Å². The minimum atomic E-state index is -4.94. The number of nitrogens with two attached hydrogens (primary N) is 2. The van der Waals surface area contributed by atoms with Gasteiger partial charge in [-0.15, -0.1) is 20.5 Å². The largest absolute Gasteiger partial charge is 2.00 e. The van der Waals surface area contributed by atoms with Gasteiger partial charge in [-0.2, -0.15) is 0 Å². The summed E-state index contributed by atoms with van der Waals surface area (Å²) < 4.78 is 67.9. The smallest absolute Gasteiger partial charge is 0.274 e. The molecule has 1 radical (unpaired) electrons. The van der Waals surface area contributed by atoms with Crippen molar-refractivity contribution in [2.75, 3.05) is 0 Å². The summed E-state index contributed by atoms with van der Waals surface area (Å²) in [6.07, 6.45) is 0. The maximum atomic E-state index is 8.49. The van der Waals surface area contributed by atoms with Crippen LogP contribution in [0, 0.1) is 20.5 Å². The van der Waals surface area contributed by atoms with Crippen molar-refractivity contribution < 1.29 is 74.5 Å². The van der Waals surface area contributed by atoms with Crippen LogP contribution in [0.25, 0.3) is 0 Å². The third-order valence-corrected chi connectivity index (χ3v) is 0. The first-order valence-corrected chi connectivity index (χ1v) is 4.04. The van der Waals surface area contributed by atoms with Crippen LogP contribution in [0.2, 0.25) is 0 Å². The molecule has 0 amide bonds. The van der Waals surface area contributed by atoms with Crippen molar-refractivity contribution in [3.05, 3.63) is 0 Å². The molecule has 0 rings (SSSR count). The zero-order chi connectivity index (χ0) is 11.0. The molecule has 0 saturated carbocycles. The number of hydrazine groups is 1. The van der Waals surface area contributed by atoms with E-state index in [1.54, 1.807) is 0 Å². The second-order valence-corrected chi connectivity index (χ2v) is 2.27. The Bertz CT molecular complexity index is 63.1. The number of hydrogen-bond donors (Lipinski definition) is 2. The van der Waals surface area contributed by atoms with E-state index in [0.717, 1.165) is 0 Å². The average Bonchev–Trinajstić information content (AvgIpc) is 1.59. The molecule has 0 fully saturated rings. The first-order chi connectivity index (χ1) is 5.00. The van der Waals surface area contributed by atoms with E-state index < -0.39 is 20.5 Å². The van der Waals surface area contributed by atoms with Crippen LogP contribution in [0.1, 0.15) is 0 Å². The van der Waals surface area contributed by atoms with Crippen molar-refractivity contribution in [3.8, 4) is 0 Å². The zero-order valence-electron chi connectivity index (χ0n) is 5.51. The summed E-state index contributed by atoms with van der Waals surface area (Å²) in [5, 5.41) is 0. The van der Waals surface area contributed by atoms with Crippen molar-refractivity contribution >= 4 is 0 Å². The molecule has 0 atom stereocenters. The fourth-order valence-corrected chi connectivity index (χ4v) is 0. The van der Waals surface area contributed by atoms with Gasteiger partial charge in [0.1, 0.15) is 0 Å². The molecule has 0 aliphatic rings. The maximum Gasteiger partial charge on any atom is 2.00 e. The Hall–Kier alpha value is 0.686. The van der Waals surface area contributed by atoms with Gasteiger partial charge < -0.3 is 0 Å². The van der Waals surface area contributed by atoms with Gasteiger partial charge >= 0.3 is 16.8 Å². The van der Waals surface area contributed by atoms with Gasteiger partial charge in [-0.05, 0) is 0 Å². The summed E-state index contributed by atoms with van der Waals surface area (Å²) >= 11 is 0. The maximum absolute atomic E-state index is 8.49. The molecule has 0 saturated heterocycles. The third kappa shape index (κ3) is 3070. The Morgan fingerprint density at radius 2 is 0.538 bits per heavy atom. The fraction of sp³-hybridized carbons (Fsp3) is 0. The van der Waals surface area contributed by atoms with Crippen LogP contribution >= 0.6 is 0 Å². The van der Waals surface area contributed by atoms with Crippen LogP contribution in [0.3, 0.4) is 0 Å². The molecular weight excluding hydrogens is 286 g/mol. The van der Waals surface area contributed by atoms with Gasteiger partial charge in [-0.1, -0.05) is 0 Å². The molecule has 0 spiro atoms. The molecule has 85 valence electrons. The van der Waals surface area contributed by atoms with Gasteiger partial charge in [0.2, 0.25) is 0 Å². The Balaban J connectivity index is -0.0000000491. The molecule has 0 aliphatic carbocycles. The van der Waals surface area contributed by atoms with Crippen molar-refractivity contribution in [2.24, 2.45) is 11.7 Å². The van der Waals surface area contributed by atoms with Crippen molar-refractivity contribution in [1.82, 2.24) is 0 Å². The van der Waals surface area contributed by atoms with Crippen LogP contribution in [0.15, 0.2) is 0 Å². The van der Waals surface area contributed by atoms with E-state index in [0.29, 0.717) is 0 Å². The van der Waals surface area contributed by atoms with E-state index in [1.807, 2.05) is 0 Å². The van der Waals surface area contributed by atoms with Crippen LogP contribution in [0.5, 0.6) is 0 Å². The summed E-state index contributed by atoms with van der Waals surface area (Å²) in [6.45, 7) is 0. The monoisotopic (exact) mass is 289 g/mol. The number of rotatable bonds is 0. The molecule has 0 unspecified atom stereocenters. The molecule has 0 aliphatic heterocycles. The summed E-state index contributed by atoms with van der Waals surface area (Å²) in [5.41, 5.74) is 0. The molecule has 0 heterocycles. The summed E-state index contributed by atoms with van der Waals surface area (Å²) in [5.74, 6) is 8.00. The Kier molecular flexibility index (Phi) is 19.4. The van der Waals surface area contributed by atoms with Crippen LogP contribution in [-0.4, -0.2) is 0 Å².